The van der Waals surface area contributed by atoms with Crippen LogP contribution in [0, 0.1) is 0 Å². The molecule has 1 aromatic rings. The van der Waals surface area contributed by atoms with Gasteiger partial charge >= 0.3 is 12.1 Å². The van der Waals surface area contributed by atoms with Crippen LogP contribution in [0.5, 0.6) is 0 Å². The molecule has 0 atom stereocenters. The van der Waals surface area contributed by atoms with Gasteiger partial charge < -0.3 is 15.8 Å². The zero-order valence-corrected chi connectivity index (χ0v) is 15.1. The molecule has 0 aliphatic heterocycles. The predicted molar refractivity (Wildman–Crippen MR) is 94.8 cm³/mol. The van der Waals surface area contributed by atoms with Gasteiger partial charge in [-0.2, -0.15) is 0 Å². The number of thiol groups is 1. The minimum absolute atomic E-state index is 0.302. The number of urea groups is 1. The Morgan fingerprint density at radius 2 is 1.70 bits per heavy atom. The zero-order valence-electron chi connectivity index (χ0n) is 14.2. The summed E-state index contributed by atoms with van der Waals surface area (Å²) in [5.41, 5.74) is 5.93. The van der Waals surface area contributed by atoms with Crippen LogP contribution in [0.3, 0.4) is 0 Å². The molecule has 1 rings (SSSR count). The number of alkyl carbamates (subject to hydrolysis) is 1. The summed E-state index contributed by atoms with van der Waals surface area (Å²) in [7, 11) is 0. The van der Waals surface area contributed by atoms with E-state index < -0.39 is 17.7 Å². The number of ether oxygens (including phenoxy) is 1. The molecule has 3 N–H and O–H groups in total. The van der Waals surface area contributed by atoms with Gasteiger partial charge in [0.05, 0.1) is 5.69 Å². The summed E-state index contributed by atoms with van der Waals surface area (Å²) in [6, 6.07) is 6.60. The van der Waals surface area contributed by atoms with E-state index in [-0.39, 0.29) is 5.41 Å². The molecule has 0 spiro atoms. The number of hydrogen-bond acceptors (Lipinski definition) is 4. The van der Waals surface area contributed by atoms with Crippen LogP contribution in [-0.2, 0) is 10.2 Å². The maximum Gasteiger partial charge on any atom is 0.407 e. The van der Waals surface area contributed by atoms with Crippen molar-refractivity contribution in [2.45, 2.75) is 45.6 Å². The van der Waals surface area contributed by atoms with E-state index in [4.69, 9.17) is 10.5 Å². The van der Waals surface area contributed by atoms with Gasteiger partial charge in [0, 0.05) is 12.0 Å². The number of nitrogens with zero attached hydrogens (tertiary/aromatic N) is 1. The van der Waals surface area contributed by atoms with Gasteiger partial charge in [0.15, 0.2) is 0 Å². The van der Waals surface area contributed by atoms with Gasteiger partial charge in [0.1, 0.15) is 5.60 Å². The fraction of sp³-hybridized carbons (Fsp3) is 0.500. The maximum atomic E-state index is 11.8. The highest BCUT2D eigenvalue weighted by atomic mass is 32.1. The second kappa shape index (κ2) is 7.12. The first kappa shape index (κ1) is 19.2. The minimum Gasteiger partial charge on any atom is -0.444 e. The molecule has 0 saturated carbocycles. The largest absolute Gasteiger partial charge is 0.444 e. The number of carbonyl (C=O) groups excluding carboxylic acids is 2. The fourth-order valence-corrected chi connectivity index (χ4v) is 2.02. The summed E-state index contributed by atoms with van der Waals surface area (Å²) < 4.78 is 6.29. The van der Waals surface area contributed by atoms with E-state index in [1.807, 2.05) is 46.8 Å². The second-order valence-electron chi connectivity index (χ2n) is 6.94. The summed E-state index contributed by atoms with van der Waals surface area (Å²) >= 11 is 4.01. The number of nitrogens with one attached hydrogen (secondary N) is 1. The van der Waals surface area contributed by atoms with Gasteiger partial charge in [-0.15, -0.1) is 0 Å². The lowest BCUT2D eigenvalue weighted by Gasteiger charge is -2.27. The summed E-state index contributed by atoms with van der Waals surface area (Å²) in [6.07, 6.45) is -0.447. The number of hydrogen-bond donors (Lipinski definition) is 3. The van der Waals surface area contributed by atoms with Crippen LogP contribution < -0.4 is 15.4 Å². The SMILES string of the molecule is CC(C)(C)OC(=O)NCC(C)(C)c1ccc(N(S)C(N)=O)cc1. The summed E-state index contributed by atoms with van der Waals surface area (Å²) in [5, 5.41) is 2.77. The Balaban J connectivity index is 2.73. The van der Waals surface area contributed by atoms with E-state index >= 15 is 0 Å². The lowest BCUT2D eigenvalue weighted by atomic mass is 9.84. The van der Waals surface area contributed by atoms with Crippen LogP contribution >= 0.6 is 12.8 Å². The summed E-state index contributed by atoms with van der Waals surface area (Å²) in [5.74, 6) is 0. The van der Waals surface area contributed by atoms with Gasteiger partial charge in [0.2, 0.25) is 0 Å². The third-order valence-electron chi connectivity index (χ3n) is 3.18. The van der Waals surface area contributed by atoms with Crippen LogP contribution in [-0.4, -0.2) is 24.3 Å². The molecule has 3 amide bonds. The molecule has 0 aromatic heterocycles. The topological polar surface area (TPSA) is 84.7 Å². The summed E-state index contributed by atoms with van der Waals surface area (Å²) in [4.78, 5) is 22.8. The third kappa shape index (κ3) is 6.02. The molecule has 23 heavy (non-hydrogen) atoms. The Bertz CT molecular complexity index is 565. The molecule has 128 valence electrons. The normalized spacial score (nSPS) is 11.7. The van der Waals surface area contributed by atoms with E-state index in [1.165, 1.54) is 0 Å². The molecule has 0 unspecified atom stereocenters. The third-order valence-corrected chi connectivity index (χ3v) is 3.60. The molecule has 6 nitrogen and oxygen atoms in total. The molecular weight excluding hydrogens is 314 g/mol. The van der Waals surface area contributed by atoms with Crippen molar-refractivity contribution in [1.29, 1.82) is 0 Å². The molecule has 0 heterocycles. The molecule has 1 aromatic carbocycles. The number of benzene rings is 1. The first-order valence-corrected chi connectivity index (χ1v) is 7.68. The highest BCUT2D eigenvalue weighted by Gasteiger charge is 2.24. The molecule has 0 saturated heterocycles. The molecule has 0 aliphatic rings. The maximum absolute atomic E-state index is 11.8. The lowest BCUT2D eigenvalue weighted by Crippen LogP contribution is -2.39. The monoisotopic (exact) mass is 339 g/mol. The number of carbonyl (C=O) groups is 2. The van der Waals surface area contributed by atoms with Crippen molar-refractivity contribution in [2.24, 2.45) is 5.73 Å². The highest BCUT2D eigenvalue weighted by Crippen LogP contribution is 2.26. The number of amides is 3. The van der Waals surface area contributed by atoms with E-state index in [2.05, 4.69) is 18.1 Å². The quantitative estimate of drug-likeness (QED) is 0.736. The Labute approximate surface area is 142 Å². The standard InChI is InChI=1S/C16H25N3O3S/c1-15(2,3)22-14(21)18-10-16(4,5)11-6-8-12(9-7-11)19(23)13(17)20/h6-9,23H,10H2,1-5H3,(H2,17,20)(H,18,21). The van der Waals surface area contributed by atoms with Crippen molar-refractivity contribution in [2.75, 3.05) is 10.8 Å². The first-order valence-electron chi connectivity index (χ1n) is 7.28. The van der Waals surface area contributed by atoms with Crippen LogP contribution in [0.2, 0.25) is 0 Å². The van der Waals surface area contributed by atoms with Crippen LogP contribution in [0.4, 0.5) is 15.3 Å². The fourth-order valence-electron chi connectivity index (χ4n) is 1.89. The average molecular weight is 339 g/mol. The van der Waals surface area contributed by atoms with Crippen molar-refractivity contribution < 1.29 is 14.3 Å². The molecule has 0 aliphatic carbocycles. The van der Waals surface area contributed by atoms with E-state index in [0.717, 1.165) is 9.87 Å². The van der Waals surface area contributed by atoms with Crippen molar-refractivity contribution in [3.8, 4) is 0 Å². The molecule has 7 heteroatoms. The number of primary amides is 1. The zero-order chi connectivity index (χ0) is 17.8. The predicted octanol–water partition coefficient (Wildman–Crippen LogP) is 3.22. The molecule has 0 fully saturated rings. The smallest absolute Gasteiger partial charge is 0.407 e. The van der Waals surface area contributed by atoms with E-state index in [0.29, 0.717) is 12.2 Å². The highest BCUT2D eigenvalue weighted by molar-refractivity contribution is 7.82. The average Bonchev–Trinajstić information content (AvgIpc) is 2.43. The first-order chi connectivity index (χ1) is 10.4. The van der Waals surface area contributed by atoms with Gasteiger partial charge in [-0.25, -0.2) is 13.9 Å². The van der Waals surface area contributed by atoms with E-state index in [9.17, 15) is 9.59 Å². The lowest BCUT2D eigenvalue weighted by molar-refractivity contribution is 0.0517. The van der Waals surface area contributed by atoms with Crippen LogP contribution in [0.15, 0.2) is 24.3 Å². The van der Waals surface area contributed by atoms with Gasteiger partial charge in [-0.3, -0.25) is 0 Å². The molecule has 0 radical (unpaired) electrons. The summed E-state index contributed by atoms with van der Waals surface area (Å²) in [6.45, 7) is 9.88. The van der Waals surface area contributed by atoms with Gasteiger partial charge in [-0.1, -0.05) is 38.8 Å². The minimum atomic E-state index is -0.646. The second-order valence-corrected chi connectivity index (χ2v) is 7.34. The van der Waals surface area contributed by atoms with Crippen molar-refractivity contribution >= 4 is 30.6 Å². The van der Waals surface area contributed by atoms with Crippen molar-refractivity contribution in [3.63, 3.8) is 0 Å². The number of rotatable bonds is 4. The van der Waals surface area contributed by atoms with E-state index in [1.54, 1.807) is 12.1 Å². The van der Waals surface area contributed by atoms with Gasteiger partial charge in [-0.05, 0) is 38.5 Å². The van der Waals surface area contributed by atoms with Crippen molar-refractivity contribution in [1.82, 2.24) is 5.32 Å². The number of anilines is 1. The molecule has 0 bridgehead atoms. The Morgan fingerprint density at radius 3 is 2.13 bits per heavy atom. The Kier molecular flexibility index (Phi) is 5.93. The van der Waals surface area contributed by atoms with Crippen LogP contribution in [0.25, 0.3) is 0 Å². The Hall–Kier alpha value is -1.89. The Morgan fingerprint density at radius 1 is 1.17 bits per heavy atom. The van der Waals surface area contributed by atoms with Crippen LogP contribution in [0.1, 0.15) is 40.2 Å². The van der Waals surface area contributed by atoms with Crippen molar-refractivity contribution in [3.05, 3.63) is 29.8 Å². The van der Waals surface area contributed by atoms with Gasteiger partial charge in [0.25, 0.3) is 0 Å². The molecular formula is C16H25N3O3S. The number of nitrogens with two attached hydrogens (primary N) is 1.